The summed E-state index contributed by atoms with van der Waals surface area (Å²) < 4.78 is 6.49. The lowest BCUT2D eigenvalue weighted by Crippen LogP contribution is -2.52. The highest BCUT2D eigenvalue weighted by Gasteiger charge is 2.48. The molecule has 0 aromatic carbocycles. The van der Waals surface area contributed by atoms with Gasteiger partial charge in [-0.05, 0) is 115 Å². The molecule has 7 nitrogen and oxygen atoms in total. The Morgan fingerprint density at radius 2 is 1.54 bits per heavy atom. The van der Waals surface area contributed by atoms with Crippen LogP contribution in [0.4, 0.5) is 0 Å². The highest BCUT2D eigenvalue weighted by atomic mass is 35.5. The Hall–Kier alpha value is -0.890. The number of amides is 1. The van der Waals surface area contributed by atoms with Crippen molar-refractivity contribution >= 4 is 23.3 Å². The van der Waals surface area contributed by atoms with E-state index >= 15 is 0 Å². The predicted molar refractivity (Wildman–Crippen MR) is 149 cm³/mol. The van der Waals surface area contributed by atoms with Gasteiger partial charge in [0, 0.05) is 36.0 Å². The predicted octanol–water partition coefficient (Wildman–Crippen LogP) is 4.29. The summed E-state index contributed by atoms with van der Waals surface area (Å²) >= 11 is 6.28. The Morgan fingerprint density at radius 1 is 0.892 bits per heavy atom. The normalized spacial score (nSPS) is 43.2. The van der Waals surface area contributed by atoms with Crippen molar-refractivity contribution in [2.45, 2.75) is 144 Å². The van der Waals surface area contributed by atoms with E-state index in [9.17, 15) is 4.79 Å². The second-order valence-electron chi connectivity index (χ2n) is 13.0. The average molecular weight is 536 g/mol. The fourth-order valence-electron chi connectivity index (χ4n) is 8.09. The van der Waals surface area contributed by atoms with Crippen molar-refractivity contribution in [3.8, 4) is 0 Å². The third-order valence-electron chi connectivity index (χ3n) is 10.4. The minimum atomic E-state index is -0.0454. The Bertz CT molecular complexity index is 774. The van der Waals surface area contributed by atoms with E-state index in [1.54, 1.807) is 0 Å². The van der Waals surface area contributed by atoms with Gasteiger partial charge in [-0.15, -0.1) is 11.6 Å². The molecular weight excluding hydrogens is 486 g/mol. The van der Waals surface area contributed by atoms with Crippen LogP contribution in [-0.2, 0) is 9.53 Å². The number of amidine groups is 1. The number of hydrogen-bond acceptors (Lipinski definition) is 5. The van der Waals surface area contributed by atoms with Gasteiger partial charge in [-0.25, -0.2) is 0 Å². The summed E-state index contributed by atoms with van der Waals surface area (Å²) in [5.74, 6) is 1.87. The summed E-state index contributed by atoms with van der Waals surface area (Å²) in [6.45, 7) is 0.990. The zero-order chi connectivity index (χ0) is 25.9. The summed E-state index contributed by atoms with van der Waals surface area (Å²) in [4.78, 5) is 16.2. The number of fused-ring (bicyclic) bond motifs is 1. The number of nitrogens with one attached hydrogen (secondary N) is 2. The number of carbonyl (C=O) groups is 1. The van der Waals surface area contributed by atoms with Crippen LogP contribution in [0.2, 0.25) is 0 Å². The van der Waals surface area contributed by atoms with Crippen LogP contribution in [0.5, 0.6) is 0 Å². The molecule has 4 aliphatic carbocycles. The molecule has 37 heavy (non-hydrogen) atoms. The lowest BCUT2D eigenvalue weighted by atomic mass is 9.77. The number of likely N-dealkylation sites (tertiary alicyclic amines) is 1. The molecule has 0 aromatic rings. The van der Waals surface area contributed by atoms with Crippen LogP contribution in [0.3, 0.4) is 0 Å². The molecule has 1 amide bonds. The van der Waals surface area contributed by atoms with Crippen molar-refractivity contribution in [2.75, 3.05) is 6.54 Å². The number of alkyl halides is 1. The van der Waals surface area contributed by atoms with Crippen molar-refractivity contribution in [2.24, 2.45) is 29.2 Å². The summed E-state index contributed by atoms with van der Waals surface area (Å²) in [5.41, 5.74) is 12.1. The first-order valence-electron chi connectivity index (χ1n) is 15.3. The van der Waals surface area contributed by atoms with E-state index in [0.717, 1.165) is 96.4 Å². The zero-order valence-corrected chi connectivity index (χ0v) is 23.3. The fourth-order valence-corrected chi connectivity index (χ4v) is 8.34. The molecule has 5 rings (SSSR count). The molecule has 210 valence electrons. The highest BCUT2D eigenvalue weighted by molar-refractivity contribution is 6.20. The Morgan fingerprint density at radius 3 is 2.19 bits per heavy atom. The molecule has 1 saturated heterocycles. The second-order valence-corrected chi connectivity index (χ2v) is 13.6. The molecule has 1 heterocycles. The minimum Gasteiger partial charge on any atom is -0.387 e. The van der Waals surface area contributed by atoms with E-state index in [0.29, 0.717) is 41.3 Å². The molecule has 4 unspecified atom stereocenters. The Kier molecular flexibility index (Phi) is 9.37. The molecule has 1 aliphatic heterocycles. The molecule has 8 heteroatoms. The van der Waals surface area contributed by atoms with Gasteiger partial charge in [0.2, 0.25) is 5.91 Å². The van der Waals surface area contributed by atoms with Crippen LogP contribution in [0.25, 0.3) is 0 Å². The molecule has 5 aliphatic rings. The first-order chi connectivity index (χ1) is 17.9. The van der Waals surface area contributed by atoms with Crippen molar-refractivity contribution in [3.05, 3.63) is 0 Å². The van der Waals surface area contributed by atoms with Gasteiger partial charge in [0.05, 0.1) is 24.1 Å². The van der Waals surface area contributed by atoms with Gasteiger partial charge in [0.25, 0.3) is 0 Å². The van der Waals surface area contributed by atoms with E-state index in [-0.39, 0.29) is 30.0 Å². The maximum Gasteiger partial charge on any atom is 0.237 e. The zero-order valence-electron chi connectivity index (χ0n) is 22.6. The van der Waals surface area contributed by atoms with Crippen LogP contribution in [0.1, 0.15) is 103 Å². The summed E-state index contributed by atoms with van der Waals surface area (Å²) in [6, 6.07) is 0.883. The first kappa shape index (κ1) is 27.7. The van der Waals surface area contributed by atoms with Crippen molar-refractivity contribution in [1.29, 1.82) is 5.41 Å². The average Bonchev–Trinajstić information content (AvgIpc) is 3.25. The highest BCUT2D eigenvalue weighted by Crippen LogP contribution is 2.43. The minimum absolute atomic E-state index is 0.0454. The first-order valence-corrected chi connectivity index (χ1v) is 15.7. The molecule has 0 aromatic heterocycles. The monoisotopic (exact) mass is 535 g/mol. The molecule has 5 fully saturated rings. The lowest BCUT2D eigenvalue weighted by molar-refractivity contribution is -0.127. The smallest absolute Gasteiger partial charge is 0.237 e. The van der Waals surface area contributed by atoms with Gasteiger partial charge >= 0.3 is 0 Å². The summed E-state index contributed by atoms with van der Waals surface area (Å²) in [5, 5.41) is 11.8. The van der Waals surface area contributed by atoms with Gasteiger partial charge in [-0.2, -0.15) is 0 Å². The van der Waals surface area contributed by atoms with Gasteiger partial charge in [0.15, 0.2) is 0 Å². The molecular formula is C29H50ClN5O2. The maximum atomic E-state index is 13.6. The second kappa shape index (κ2) is 12.5. The van der Waals surface area contributed by atoms with Crippen LogP contribution in [0, 0.1) is 23.2 Å². The van der Waals surface area contributed by atoms with Gasteiger partial charge in [-0.3, -0.25) is 15.1 Å². The summed E-state index contributed by atoms with van der Waals surface area (Å²) in [6.07, 6.45) is 17.7. The van der Waals surface area contributed by atoms with Crippen molar-refractivity contribution in [1.82, 2.24) is 10.2 Å². The van der Waals surface area contributed by atoms with E-state index < -0.39 is 0 Å². The van der Waals surface area contributed by atoms with Crippen LogP contribution >= 0.6 is 11.6 Å². The van der Waals surface area contributed by atoms with E-state index in [4.69, 9.17) is 33.2 Å². The number of rotatable bonds is 7. The fraction of sp³-hybridized carbons (Fsp3) is 0.931. The number of ether oxygens (including phenoxy) is 1. The standard InChI is InChI=1S/C29H50ClN5O2/c30-21-5-13-25(14-6-21)37-24-11-1-18(2-12-24)17-35-26-16-20(28(32)33)4-3-19(26)15-27(35)29(36)34-23-9-7-22(31)8-10-23/h18-27H,1-17,31H2,(H3,32,33)(H,34,36). The quantitative estimate of drug-likeness (QED) is 0.220. The third kappa shape index (κ3) is 7.01. The molecule has 4 saturated carbocycles. The largest absolute Gasteiger partial charge is 0.387 e. The van der Waals surface area contributed by atoms with Gasteiger partial charge < -0.3 is 21.5 Å². The number of hydrogen-bond donors (Lipinski definition) is 4. The van der Waals surface area contributed by atoms with Gasteiger partial charge in [-0.1, -0.05) is 0 Å². The number of nitrogens with zero attached hydrogens (tertiary/aromatic N) is 1. The number of carbonyl (C=O) groups excluding carboxylic acids is 1. The Balaban J connectivity index is 1.18. The topological polar surface area (TPSA) is 117 Å². The van der Waals surface area contributed by atoms with Gasteiger partial charge in [0.1, 0.15) is 0 Å². The SMILES string of the molecule is N=C(N)C1CCC2CC(C(=O)NC3CCC(N)CC3)N(CC3CCC(OC4CCC(Cl)CC4)CC3)C2C1. The van der Waals surface area contributed by atoms with Crippen LogP contribution in [0.15, 0.2) is 0 Å². The van der Waals surface area contributed by atoms with Crippen molar-refractivity contribution in [3.63, 3.8) is 0 Å². The van der Waals surface area contributed by atoms with Crippen LogP contribution in [-0.4, -0.2) is 64.9 Å². The third-order valence-corrected chi connectivity index (χ3v) is 10.9. The molecule has 0 radical (unpaired) electrons. The van der Waals surface area contributed by atoms with E-state index in [2.05, 4.69) is 10.2 Å². The molecule has 6 N–H and O–H groups in total. The van der Waals surface area contributed by atoms with Crippen molar-refractivity contribution < 1.29 is 9.53 Å². The van der Waals surface area contributed by atoms with E-state index in [1.165, 1.54) is 12.8 Å². The maximum absolute atomic E-state index is 13.6. The van der Waals surface area contributed by atoms with E-state index in [1.807, 2.05) is 0 Å². The number of halogens is 1. The number of nitrogens with two attached hydrogens (primary N) is 2. The molecule has 4 atom stereocenters. The summed E-state index contributed by atoms with van der Waals surface area (Å²) in [7, 11) is 0. The molecule has 0 spiro atoms. The molecule has 0 bridgehead atoms. The van der Waals surface area contributed by atoms with Crippen LogP contribution < -0.4 is 16.8 Å². The lowest BCUT2D eigenvalue weighted by Gasteiger charge is -2.40. The Labute approximate surface area is 228 Å².